The second-order valence-corrected chi connectivity index (χ2v) is 5.47. The molecule has 0 aliphatic carbocycles. The van der Waals surface area contributed by atoms with Crippen molar-refractivity contribution < 1.29 is 19.0 Å². The largest absolute Gasteiger partial charge is 0.496 e. The molecule has 0 bridgehead atoms. The summed E-state index contributed by atoms with van der Waals surface area (Å²) >= 11 is 0. The molecule has 0 radical (unpaired) electrons. The van der Waals surface area contributed by atoms with Crippen molar-refractivity contribution in [2.75, 3.05) is 21.3 Å². The molecule has 0 fully saturated rings. The Hall–Kier alpha value is -2.75. The summed E-state index contributed by atoms with van der Waals surface area (Å²) in [4.78, 5) is 12.4. The van der Waals surface area contributed by atoms with Crippen molar-refractivity contribution in [3.63, 3.8) is 0 Å². The second kappa shape index (κ2) is 7.68. The molecule has 24 heavy (non-hydrogen) atoms. The van der Waals surface area contributed by atoms with Crippen LogP contribution in [-0.2, 0) is 0 Å². The number of hydrogen-bond acceptors (Lipinski definition) is 4. The number of aryl methyl sites for hydroxylation is 2. The van der Waals surface area contributed by atoms with Crippen LogP contribution in [0.3, 0.4) is 0 Å². The van der Waals surface area contributed by atoms with E-state index in [0.717, 1.165) is 16.7 Å². The lowest BCUT2D eigenvalue weighted by molar-refractivity contribution is 0.104. The molecule has 0 unspecified atom stereocenters. The van der Waals surface area contributed by atoms with E-state index >= 15 is 0 Å². The number of carbonyl (C=O) groups is 1. The van der Waals surface area contributed by atoms with Gasteiger partial charge in [-0.05, 0) is 37.6 Å². The zero-order chi connectivity index (χ0) is 17.7. The van der Waals surface area contributed by atoms with Gasteiger partial charge in [0.15, 0.2) is 17.3 Å². The number of ether oxygens (including phenoxy) is 3. The summed E-state index contributed by atoms with van der Waals surface area (Å²) in [6.07, 6.45) is 3.27. The molecule has 0 amide bonds. The molecule has 126 valence electrons. The van der Waals surface area contributed by atoms with E-state index in [0.29, 0.717) is 22.8 Å². The zero-order valence-corrected chi connectivity index (χ0v) is 14.7. The fourth-order valence-corrected chi connectivity index (χ4v) is 2.53. The molecule has 0 atom stereocenters. The van der Waals surface area contributed by atoms with Gasteiger partial charge in [0.25, 0.3) is 0 Å². The summed E-state index contributed by atoms with van der Waals surface area (Å²) in [5, 5.41) is 0. The van der Waals surface area contributed by atoms with E-state index in [1.165, 1.54) is 0 Å². The van der Waals surface area contributed by atoms with Crippen LogP contribution < -0.4 is 14.2 Å². The SMILES string of the molecule is COc1cc(OC)c(OC)cc1C=CC(=O)c1ccc(C)cc1C. The van der Waals surface area contributed by atoms with Crippen LogP contribution in [0, 0.1) is 13.8 Å². The maximum atomic E-state index is 12.4. The minimum absolute atomic E-state index is 0.0515. The standard InChI is InChI=1S/C20H22O4/c1-13-6-8-16(14(2)10-13)17(21)9-7-15-11-19(23-4)20(24-5)12-18(15)22-3/h6-12H,1-5H3. The van der Waals surface area contributed by atoms with E-state index in [4.69, 9.17) is 14.2 Å². The lowest BCUT2D eigenvalue weighted by Gasteiger charge is -2.12. The Kier molecular flexibility index (Phi) is 5.64. The Labute approximate surface area is 142 Å². The molecule has 0 aliphatic heterocycles. The van der Waals surface area contributed by atoms with E-state index in [9.17, 15) is 4.79 Å². The van der Waals surface area contributed by atoms with Crippen LogP contribution in [-0.4, -0.2) is 27.1 Å². The minimum atomic E-state index is -0.0515. The predicted molar refractivity (Wildman–Crippen MR) is 95.4 cm³/mol. The van der Waals surface area contributed by atoms with Crippen LogP contribution >= 0.6 is 0 Å². The van der Waals surface area contributed by atoms with Gasteiger partial charge in [-0.15, -0.1) is 0 Å². The normalized spacial score (nSPS) is 10.7. The quantitative estimate of drug-likeness (QED) is 0.589. The highest BCUT2D eigenvalue weighted by Gasteiger charge is 2.11. The molecule has 2 aromatic carbocycles. The first-order chi connectivity index (χ1) is 11.5. The number of ketones is 1. The Balaban J connectivity index is 2.35. The van der Waals surface area contributed by atoms with Crippen molar-refractivity contribution in [3.05, 3.63) is 58.7 Å². The van der Waals surface area contributed by atoms with E-state index in [2.05, 4.69) is 0 Å². The molecule has 4 nitrogen and oxygen atoms in total. The van der Waals surface area contributed by atoms with Crippen molar-refractivity contribution >= 4 is 11.9 Å². The van der Waals surface area contributed by atoms with Crippen molar-refractivity contribution in [2.45, 2.75) is 13.8 Å². The smallest absolute Gasteiger partial charge is 0.186 e. The molecule has 0 spiro atoms. The van der Waals surface area contributed by atoms with Gasteiger partial charge >= 0.3 is 0 Å². The molecule has 0 saturated carbocycles. The highest BCUT2D eigenvalue weighted by molar-refractivity contribution is 6.08. The lowest BCUT2D eigenvalue weighted by atomic mass is 10.0. The molecule has 4 heteroatoms. The van der Waals surface area contributed by atoms with Gasteiger partial charge < -0.3 is 14.2 Å². The van der Waals surface area contributed by atoms with E-state index in [-0.39, 0.29) is 5.78 Å². The monoisotopic (exact) mass is 326 g/mol. The van der Waals surface area contributed by atoms with Crippen LogP contribution in [0.5, 0.6) is 17.2 Å². The molecule has 2 aromatic rings. The van der Waals surface area contributed by atoms with E-state index < -0.39 is 0 Å². The number of rotatable bonds is 6. The molecular weight excluding hydrogens is 304 g/mol. The number of benzene rings is 2. The number of allylic oxidation sites excluding steroid dienone is 1. The van der Waals surface area contributed by atoms with Crippen LogP contribution in [0.1, 0.15) is 27.0 Å². The Morgan fingerprint density at radius 3 is 2.08 bits per heavy atom. The highest BCUT2D eigenvalue weighted by Crippen LogP contribution is 2.35. The van der Waals surface area contributed by atoms with Crippen LogP contribution in [0.25, 0.3) is 6.08 Å². The third-order valence-electron chi connectivity index (χ3n) is 3.80. The second-order valence-electron chi connectivity index (χ2n) is 5.47. The van der Waals surface area contributed by atoms with Gasteiger partial charge in [0.2, 0.25) is 0 Å². The Morgan fingerprint density at radius 1 is 0.875 bits per heavy atom. The number of carbonyl (C=O) groups excluding carboxylic acids is 1. The van der Waals surface area contributed by atoms with E-state index in [1.54, 1.807) is 45.6 Å². The summed E-state index contributed by atoms with van der Waals surface area (Å²) in [6, 6.07) is 9.30. The van der Waals surface area contributed by atoms with Crippen LogP contribution in [0.4, 0.5) is 0 Å². The minimum Gasteiger partial charge on any atom is -0.496 e. The fraction of sp³-hybridized carbons (Fsp3) is 0.250. The number of methoxy groups -OCH3 is 3. The van der Waals surface area contributed by atoms with Crippen molar-refractivity contribution in [1.82, 2.24) is 0 Å². The van der Waals surface area contributed by atoms with Gasteiger partial charge in [-0.2, -0.15) is 0 Å². The summed E-state index contributed by atoms with van der Waals surface area (Å²) in [5.41, 5.74) is 3.53. The van der Waals surface area contributed by atoms with Gasteiger partial charge in [-0.25, -0.2) is 0 Å². The predicted octanol–water partition coefficient (Wildman–Crippen LogP) is 4.23. The van der Waals surface area contributed by atoms with Gasteiger partial charge in [0.05, 0.1) is 21.3 Å². The molecular formula is C20H22O4. The van der Waals surface area contributed by atoms with Crippen molar-refractivity contribution in [2.24, 2.45) is 0 Å². The van der Waals surface area contributed by atoms with Crippen LogP contribution in [0.15, 0.2) is 36.4 Å². The maximum absolute atomic E-state index is 12.4. The maximum Gasteiger partial charge on any atom is 0.186 e. The average Bonchev–Trinajstić information content (AvgIpc) is 2.58. The highest BCUT2D eigenvalue weighted by atomic mass is 16.5. The summed E-state index contributed by atoms with van der Waals surface area (Å²) in [5.74, 6) is 1.71. The summed E-state index contributed by atoms with van der Waals surface area (Å²) in [7, 11) is 4.71. The van der Waals surface area contributed by atoms with E-state index in [1.807, 2.05) is 32.0 Å². The van der Waals surface area contributed by atoms with Gasteiger partial charge in [-0.3, -0.25) is 4.79 Å². The number of hydrogen-bond donors (Lipinski definition) is 0. The third kappa shape index (κ3) is 3.77. The Bertz CT molecular complexity index is 775. The third-order valence-corrected chi connectivity index (χ3v) is 3.80. The summed E-state index contributed by atoms with van der Waals surface area (Å²) < 4.78 is 15.9. The molecule has 0 N–H and O–H groups in total. The van der Waals surface area contributed by atoms with Gasteiger partial charge in [0.1, 0.15) is 5.75 Å². The van der Waals surface area contributed by atoms with Gasteiger partial charge in [-0.1, -0.05) is 23.8 Å². The zero-order valence-electron chi connectivity index (χ0n) is 14.7. The fourth-order valence-electron chi connectivity index (χ4n) is 2.53. The van der Waals surface area contributed by atoms with Crippen molar-refractivity contribution in [1.29, 1.82) is 0 Å². The molecule has 0 aliphatic rings. The molecule has 0 heterocycles. The Morgan fingerprint density at radius 2 is 1.50 bits per heavy atom. The first-order valence-electron chi connectivity index (χ1n) is 7.59. The first kappa shape index (κ1) is 17.6. The first-order valence-corrected chi connectivity index (χ1v) is 7.59. The molecule has 0 saturated heterocycles. The topological polar surface area (TPSA) is 44.8 Å². The molecule has 2 rings (SSSR count). The van der Waals surface area contributed by atoms with Crippen molar-refractivity contribution in [3.8, 4) is 17.2 Å². The average molecular weight is 326 g/mol. The van der Waals surface area contributed by atoms with Crippen LogP contribution in [0.2, 0.25) is 0 Å². The van der Waals surface area contributed by atoms with Gasteiger partial charge in [0, 0.05) is 17.2 Å². The molecule has 0 aromatic heterocycles. The summed E-state index contributed by atoms with van der Waals surface area (Å²) in [6.45, 7) is 3.94. The lowest BCUT2D eigenvalue weighted by Crippen LogP contribution is -1.98.